The largest absolute Gasteiger partial charge is 0.573 e. The van der Waals surface area contributed by atoms with Gasteiger partial charge in [0, 0.05) is 22.8 Å². The molecule has 0 atom stereocenters. The zero-order valence-electron chi connectivity index (χ0n) is 15.9. The molecule has 3 aromatic carbocycles. The van der Waals surface area contributed by atoms with Crippen LogP contribution in [0.15, 0.2) is 71.7 Å². The Morgan fingerprint density at radius 3 is 2.42 bits per heavy atom. The number of hydrogen-bond acceptors (Lipinski definition) is 4. The van der Waals surface area contributed by atoms with Crippen LogP contribution in [0.1, 0.15) is 16.7 Å². The third-order valence-corrected chi connectivity index (χ3v) is 4.61. The minimum atomic E-state index is -4.91. The first kappa shape index (κ1) is 20.2. The molecule has 0 aliphatic carbocycles. The molecule has 4 rings (SSSR count). The number of rotatable bonds is 3. The van der Waals surface area contributed by atoms with Gasteiger partial charge in [-0.25, -0.2) is 0 Å². The lowest BCUT2D eigenvalue weighted by molar-refractivity contribution is -0.274. The minimum Gasteiger partial charge on any atom is -0.405 e. The Bertz CT molecular complexity index is 1230. The fourth-order valence-electron chi connectivity index (χ4n) is 3.34. The van der Waals surface area contributed by atoms with Crippen LogP contribution < -0.4 is 10.1 Å². The number of anilines is 1. The third-order valence-electron chi connectivity index (χ3n) is 4.61. The van der Waals surface area contributed by atoms with Crippen LogP contribution in [0, 0.1) is 11.3 Å². The summed E-state index contributed by atoms with van der Waals surface area (Å²) in [5.74, 6) is -0.914. The number of nitrogens with one attached hydrogen (secondary N) is 1. The molecule has 0 aromatic heterocycles. The lowest BCUT2D eigenvalue weighted by atomic mass is 9.94. The Hall–Kier alpha value is -4.12. The molecule has 0 unspecified atom stereocenters. The maximum atomic E-state index is 13.1. The highest BCUT2D eigenvalue weighted by atomic mass is 19.4. The van der Waals surface area contributed by atoms with E-state index in [4.69, 9.17) is 0 Å². The maximum absolute atomic E-state index is 13.1. The monoisotopic (exact) mass is 421 g/mol. The molecular weight excluding hydrogens is 407 g/mol. The molecule has 8 heteroatoms. The minimum absolute atomic E-state index is 0.141. The van der Waals surface area contributed by atoms with Crippen LogP contribution in [0.5, 0.6) is 5.75 Å². The van der Waals surface area contributed by atoms with Crippen LogP contribution >= 0.6 is 0 Å². The second kappa shape index (κ2) is 7.95. The van der Waals surface area contributed by atoms with Gasteiger partial charge in [-0.15, -0.1) is 13.2 Å². The van der Waals surface area contributed by atoms with Crippen LogP contribution in [0.3, 0.4) is 0 Å². The first-order valence-corrected chi connectivity index (χ1v) is 9.18. The molecule has 154 valence electrons. The molecule has 1 aliphatic heterocycles. The molecule has 31 heavy (non-hydrogen) atoms. The first-order chi connectivity index (χ1) is 14.8. The van der Waals surface area contributed by atoms with Crippen molar-refractivity contribution in [2.45, 2.75) is 6.36 Å². The van der Waals surface area contributed by atoms with E-state index in [2.05, 4.69) is 15.0 Å². The summed E-state index contributed by atoms with van der Waals surface area (Å²) in [7, 11) is 0. The van der Waals surface area contributed by atoms with E-state index in [-0.39, 0.29) is 17.8 Å². The Labute approximate surface area is 175 Å². The SMILES string of the molecule is N#Cc1cccc(C2=NCC(=O)Nc3cc(OC(F)(F)F)c(-c4ccccc4)cc32)c1. The van der Waals surface area contributed by atoms with Crippen molar-refractivity contribution in [3.8, 4) is 22.9 Å². The average Bonchev–Trinajstić information content (AvgIpc) is 2.90. The summed E-state index contributed by atoms with van der Waals surface area (Å²) in [6.07, 6.45) is -4.91. The number of alkyl halides is 3. The zero-order valence-corrected chi connectivity index (χ0v) is 15.9. The van der Waals surface area contributed by atoms with E-state index in [9.17, 15) is 23.2 Å². The summed E-state index contributed by atoms with van der Waals surface area (Å²) in [5.41, 5.74) is 2.62. The second-order valence-electron chi connectivity index (χ2n) is 6.71. The van der Waals surface area contributed by atoms with Crippen LogP contribution in [-0.4, -0.2) is 24.5 Å². The van der Waals surface area contributed by atoms with Crippen molar-refractivity contribution in [3.63, 3.8) is 0 Å². The van der Waals surface area contributed by atoms with Gasteiger partial charge in [0.25, 0.3) is 0 Å². The van der Waals surface area contributed by atoms with E-state index >= 15 is 0 Å². The van der Waals surface area contributed by atoms with Crippen molar-refractivity contribution in [1.29, 1.82) is 5.26 Å². The first-order valence-electron chi connectivity index (χ1n) is 9.18. The number of benzodiazepines with no additional fused rings is 1. The number of amides is 1. The van der Waals surface area contributed by atoms with Crippen molar-refractivity contribution in [1.82, 2.24) is 0 Å². The zero-order chi connectivity index (χ0) is 22.0. The van der Waals surface area contributed by atoms with Gasteiger partial charge in [-0.1, -0.05) is 42.5 Å². The molecule has 3 aromatic rings. The molecule has 0 fully saturated rings. The Morgan fingerprint density at radius 1 is 0.968 bits per heavy atom. The molecule has 1 aliphatic rings. The van der Waals surface area contributed by atoms with Crippen molar-refractivity contribution in [2.75, 3.05) is 11.9 Å². The van der Waals surface area contributed by atoms with Crippen molar-refractivity contribution in [3.05, 3.63) is 83.4 Å². The van der Waals surface area contributed by atoms with Gasteiger partial charge < -0.3 is 10.1 Å². The molecule has 1 amide bonds. The summed E-state index contributed by atoms with van der Waals surface area (Å²) in [6.45, 7) is -0.211. The topological polar surface area (TPSA) is 74.5 Å². The lowest BCUT2D eigenvalue weighted by Crippen LogP contribution is -2.19. The fraction of sp³-hybridized carbons (Fsp3) is 0.0870. The van der Waals surface area contributed by atoms with Crippen molar-refractivity contribution >= 4 is 17.3 Å². The predicted octanol–water partition coefficient (Wildman–Crippen LogP) is 4.91. The quantitative estimate of drug-likeness (QED) is 0.653. The van der Waals surface area contributed by atoms with Gasteiger partial charge in [0.05, 0.1) is 23.0 Å². The fourth-order valence-corrected chi connectivity index (χ4v) is 3.34. The number of nitriles is 1. The molecule has 0 radical (unpaired) electrons. The number of carbonyl (C=O) groups is 1. The summed E-state index contributed by atoms with van der Waals surface area (Å²) in [5, 5.41) is 11.8. The van der Waals surface area contributed by atoms with E-state index < -0.39 is 18.0 Å². The lowest BCUT2D eigenvalue weighted by Gasteiger charge is -2.18. The van der Waals surface area contributed by atoms with Crippen LogP contribution in [-0.2, 0) is 4.79 Å². The second-order valence-corrected chi connectivity index (χ2v) is 6.71. The number of fused-ring (bicyclic) bond motifs is 1. The Balaban J connectivity index is 1.95. The summed E-state index contributed by atoms with van der Waals surface area (Å²) in [4.78, 5) is 16.5. The molecule has 0 saturated heterocycles. The van der Waals surface area contributed by atoms with E-state index in [1.54, 1.807) is 54.6 Å². The van der Waals surface area contributed by atoms with E-state index in [1.165, 1.54) is 6.07 Å². The normalized spacial score (nSPS) is 13.4. The molecule has 5 nitrogen and oxygen atoms in total. The number of benzene rings is 3. The van der Waals surface area contributed by atoms with E-state index in [0.717, 1.165) is 6.07 Å². The molecule has 0 spiro atoms. The van der Waals surface area contributed by atoms with Crippen LogP contribution in [0.25, 0.3) is 11.1 Å². The van der Waals surface area contributed by atoms with Crippen LogP contribution in [0.2, 0.25) is 0 Å². The number of nitrogens with zero attached hydrogens (tertiary/aromatic N) is 2. The molecule has 0 bridgehead atoms. The number of aliphatic imine (C=N–C) groups is 1. The number of ether oxygens (including phenoxy) is 1. The van der Waals surface area contributed by atoms with E-state index in [1.807, 2.05) is 6.07 Å². The van der Waals surface area contributed by atoms with Crippen molar-refractivity contribution < 1.29 is 22.7 Å². The standard InChI is InChI=1S/C23H14F3N3O2/c24-23(25,26)31-20-11-19-18(10-17(20)15-6-2-1-3-7-15)22(28-13-21(30)29-19)16-8-4-5-14(9-16)12-27/h1-11H,13H2,(H,29,30). The summed E-state index contributed by atoms with van der Waals surface area (Å²) < 4.78 is 43.5. The maximum Gasteiger partial charge on any atom is 0.573 e. The van der Waals surface area contributed by atoms with Gasteiger partial charge in [0.15, 0.2) is 0 Å². The summed E-state index contributed by atoms with van der Waals surface area (Å²) in [6, 6.07) is 19.8. The van der Waals surface area contributed by atoms with Gasteiger partial charge in [-0.3, -0.25) is 9.79 Å². The highest BCUT2D eigenvalue weighted by Crippen LogP contribution is 2.39. The molecule has 1 heterocycles. The number of hydrogen-bond donors (Lipinski definition) is 1. The van der Waals surface area contributed by atoms with E-state index in [0.29, 0.717) is 28.0 Å². The Kier molecular flexibility index (Phi) is 5.17. The van der Waals surface area contributed by atoms with Gasteiger partial charge in [-0.05, 0) is 23.8 Å². The van der Waals surface area contributed by atoms with Crippen molar-refractivity contribution in [2.24, 2.45) is 4.99 Å². The van der Waals surface area contributed by atoms with Gasteiger partial charge in [-0.2, -0.15) is 5.26 Å². The third kappa shape index (κ3) is 4.41. The molecular formula is C23H14F3N3O2. The van der Waals surface area contributed by atoms with Crippen LogP contribution in [0.4, 0.5) is 18.9 Å². The Morgan fingerprint density at radius 2 is 1.71 bits per heavy atom. The average molecular weight is 421 g/mol. The highest BCUT2D eigenvalue weighted by Gasteiger charge is 2.33. The number of halogens is 3. The molecule has 1 N–H and O–H groups in total. The number of carbonyl (C=O) groups excluding carboxylic acids is 1. The van der Waals surface area contributed by atoms with Gasteiger partial charge in [0.2, 0.25) is 5.91 Å². The smallest absolute Gasteiger partial charge is 0.405 e. The summed E-state index contributed by atoms with van der Waals surface area (Å²) >= 11 is 0. The van der Waals surface area contributed by atoms with Gasteiger partial charge in [0.1, 0.15) is 12.3 Å². The van der Waals surface area contributed by atoms with Gasteiger partial charge >= 0.3 is 6.36 Å². The molecule has 0 saturated carbocycles. The highest BCUT2D eigenvalue weighted by molar-refractivity contribution is 6.20. The predicted molar refractivity (Wildman–Crippen MR) is 109 cm³/mol.